The molecule has 0 bridgehead atoms. The topological polar surface area (TPSA) is 43.8 Å². The minimum absolute atomic E-state index is 0.204. The molecule has 0 unspecified atom stereocenters. The van der Waals surface area contributed by atoms with Crippen LogP contribution in [0, 0.1) is 5.41 Å². The van der Waals surface area contributed by atoms with E-state index in [9.17, 15) is 0 Å². The minimum Gasteiger partial charge on any atom is -0.384 e. The van der Waals surface area contributed by atoms with Crippen LogP contribution in [-0.4, -0.2) is 9.78 Å². The van der Waals surface area contributed by atoms with Crippen molar-refractivity contribution in [1.29, 1.82) is 0 Å². The highest BCUT2D eigenvalue weighted by atomic mass is 35.5. The molecule has 2 rings (SSSR count). The van der Waals surface area contributed by atoms with Gasteiger partial charge < -0.3 is 5.73 Å². The molecule has 0 radical (unpaired) electrons. The van der Waals surface area contributed by atoms with Crippen LogP contribution in [0.15, 0.2) is 30.3 Å². The quantitative estimate of drug-likeness (QED) is 0.928. The van der Waals surface area contributed by atoms with Crippen molar-refractivity contribution in [3.63, 3.8) is 0 Å². The Bertz CT molecular complexity index is 567. The second kappa shape index (κ2) is 5.25. The Labute approximate surface area is 119 Å². The summed E-state index contributed by atoms with van der Waals surface area (Å²) in [6, 6.07) is 9.71. The number of benzene rings is 1. The maximum absolute atomic E-state index is 6.16. The van der Waals surface area contributed by atoms with Gasteiger partial charge in [0.15, 0.2) is 0 Å². The Kier molecular flexibility index (Phi) is 3.85. The van der Waals surface area contributed by atoms with Gasteiger partial charge in [-0.3, -0.25) is 0 Å². The molecular formula is C15H20ClN3. The maximum Gasteiger partial charge on any atom is 0.122 e. The summed E-state index contributed by atoms with van der Waals surface area (Å²) >= 11 is 6.16. The molecule has 102 valence electrons. The van der Waals surface area contributed by atoms with Crippen molar-refractivity contribution in [2.24, 2.45) is 5.41 Å². The fourth-order valence-corrected chi connectivity index (χ4v) is 2.23. The molecule has 1 aromatic carbocycles. The lowest BCUT2D eigenvalue weighted by molar-refractivity contribution is 0.404. The Morgan fingerprint density at radius 3 is 2.58 bits per heavy atom. The molecule has 2 aromatic rings. The summed E-state index contributed by atoms with van der Waals surface area (Å²) in [6.07, 6.45) is 0.909. The number of nitrogens with zero attached hydrogens (tertiary/aromatic N) is 2. The summed E-state index contributed by atoms with van der Waals surface area (Å²) in [6.45, 7) is 7.18. The first-order valence-corrected chi connectivity index (χ1v) is 6.78. The molecule has 2 N–H and O–H groups in total. The number of nitrogens with two attached hydrogens (primary N) is 1. The fourth-order valence-electron chi connectivity index (χ4n) is 2.03. The zero-order valence-corrected chi connectivity index (χ0v) is 12.4. The van der Waals surface area contributed by atoms with E-state index in [0.717, 1.165) is 22.7 Å². The lowest BCUT2D eigenvalue weighted by Gasteiger charge is -2.15. The zero-order valence-electron chi connectivity index (χ0n) is 11.7. The molecule has 0 saturated heterocycles. The van der Waals surface area contributed by atoms with Crippen LogP contribution < -0.4 is 5.73 Å². The van der Waals surface area contributed by atoms with Gasteiger partial charge in [-0.05, 0) is 23.5 Å². The van der Waals surface area contributed by atoms with E-state index in [4.69, 9.17) is 17.3 Å². The van der Waals surface area contributed by atoms with Crippen molar-refractivity contribution in [3.8, 4) is 0 Å². The van der Waals surface area contributed by atoms with Crippen molar-refractivity contribution in [3.05, 3.63) is 46.6 Å². The van der Waals surface area contributed by atoms with E-state index in [1.165, 1.54) is 0 Å². The number of hydrogen-bond acceptors (Lipinski definition) is 2. The normalized spacial score (nSPS) is 11.8. The van der Waals surface area contributed by atoms with Crippen LogP contribution in [0.25, 0.3) is 0 Å². The van der Waals surface area contributed by atoms with Gasteiger partial charge in [0, 0.05) is 11.1 Å². The number of rotatable bonds is 3. The van der Waals surface area contributed by atoms with Crippen molar-refractivity contribution in [1.82, 2.24) is 9.78 Å². The number of aromatic nitrogens is 2. The largest absolute Gasteiger partial charge is 0.384 e. The van der Waals surface area contributed by atoms with Crippen LogP contribution in [0.3, 0.4) is 0 Å². The predicted octanol–water partition coefficient (Wildman–Crippen LogP) is 3.76. The first kappa shape index (κ1) is 13.9. The van der Waals surface area contributed by atoms with E-state index in [1.54, 1.807) is 0 Å². The summed E-state index contributed by atoms with van der Waals surface area (Å²) < 4.78 is 1.81. The van der Waals surface area contributed by atoms with Crippen molar-refractivity contribution >= 4 is 17.4 Å². The molecule has 3 nitrogen and oxygen atoms in total. The number of hydrogen-bond donors (Lipinski definition) is 1. The van der Waals surface area contributed by atoms with Crippen molar-refractivity contribution in [2.75, 3.05) is 5.73 Å². The van der Waals surface area contributed by atoms with Gasteiger partial charge in [-0.25, -0.2) is 4.68 Å². The van der Waals surface area contributed by atoms with Crippen molar-refractivity contribution in [2.45, 2.75) is 33.7 Å². The van der Waals surface area contributed by atoms with Crippen LogP contribution in [0.4, 0.5) is 5.82 Å². The molecule has 0 spiro atoms. The summed E-state index contributed by atoms with van der Waals surface area (Å²) in [5, 5.41) is 5.31. The summed E-state index contributed by atoms with van der Waals surface area (Å²) in [4.78, 5) is 0. The fraction of sp³-hybridized carbons (Fsp3) is 0.400. The molecule has 0 aliphatic heterocycles. The standard InChI is InChI=1S/C15H20ClN3/c1-15(2,3)9-12-8-14(17)19(18-12)10-11-6-4-5-7-13(11)16/h4-8H,9-10,17H2,1-3H3. The lowest BCUT2D eigenvalue weighted by atomic mass is 9.91. The van der Waals surface area contributed by atoms with Gasteiger partial charge in [0.05, 0.1) is 12.2 Å². The van der Waals surface area contributed by atoms with Gasteiger partial charge in [-0.15, -0.1) is 0 Å². The van der Waals surface area contributed by atoms with Gasteiger partial charge in [0.1, 0.15) is 5.82 Å². The van der Waals surface area contributed by atoms with Gasteiger partial charge in [0.25, 0.3) is 0 Å². The van der Waals surface area contributed by atoms with Gasteiger partial charge >= 0.3 is 0 Å². The summed E-state index contributed by atoms with van der Waals surface area (Å²) in [5.41, 5.74) is 8.27. The second-order valence-electron chi connectivity index (χ2n) is 6.05. The average Bonchev–Trinajstić information content (AvgIpc) is 2.60. The number of halogens is 1. The monoisotopic (exact) mass is 277 g/mol. The minimum atomic E-state index is 0.204. The Hall–Kier alpha value is -1.48. The van der Waals surface area contributed by atoms with Crippen LogP contribution in [0.2, 0.25) is 5.02 Å². The average molecular weight is 278 g/mol. The molecule has 19 heavy (non-hydrogen) atoms. The molecule has 0 saturated carbocycles. The zero-order chi connectivity index (χ0) is 14.0. The van der Waals surface area contributed by atoms with E-state index in [0.29, 0.717) is 12.4 Å². The van der Waals surface area contributed by atoms with E-state index >= 15 is 0 Å². The molecule has 1 heterocycles. The first-order chi connectivity index (χ1) is 8.85. The molecule has 0 aliphatic rings. The lowest BCUT2D eigenvalue weighted by Crippen LogP contribution is -2.11. The molecule has 4 heteroatoms. The molecule has 0 fully saturated rings. The number of nitrogen functional groups attached to an aromatic ring is 1. The van der Waals surface area contributed by atoms with Gasteiger partial charge in [-0.1, -0.05) is 50.6 Å². The highest BCUT2D eigenvalue weighted by Crippen LogP contribution is 2.22. The molecule has 0 amide bonds. The van der Waals surface area contributed by atoms with E-state index in [-0.39, 0.29) is 5.41 Å². The highest BCUT2D eigenvalue weighted by molar-refractivity contribution is 6.31. The van der Waals surface area contributed by atoms with Gasteiger partial charge in [-0.2, -0.15) is 5.10 Å². The van der Waals surface area contributed by atoms with Crippen LogP contribution in [-0.2, 0) is 13.0 Å². The van der Waals surface area contributed by atoms with Gasteiger partial charge in [0.2, 0.25) is 0 Å². The molecular weight excluding hydrogens is 258 g/mol. The van der Waals surface area contributed by atoms with Crippen LogP contribution >= 0.6 is 11.6 Å². The number of anilines is 1. The third-order valence-electron chi connectivity index (χ3n) is 2.85. The van der Waals surface area contributed by atoms with Crippen molar-refractivity contribution < 1.29 is 0 Å². The van der Waals surface area contributed by atoms with E-state index in [1.807, 2.05) is 35.0 Å². The Balaban J connectivity index is 2.20. The molecule has 0 aliphatic carbocycles. The summed E-state index contributed by atoms with van der Waals surface area (Å²) in [5.74, 6) is 0.680. The van der Waals surface area contributed by atoms with E-state index in [2.05, 4.69) is 25.9 Å². The third kappa shape index (κ3) is 3.74. The molecule has 0 atom stereocenters. The summed E-state index contributed by atoms with van der Waals surface area (Å²) in [7, 11) is 0. The van der Waals surface area contributed by atoms with Crippen LogP contribution in [0.5, 0.6) is 0 Å². The maximum atomic E-state index is 6.16. The SMILES string of the molecule is CC(C)(C)Cc1cc(N)n(Cc2ccccc2Cl)n1. The second-order valence-corrected chi connectivity index (χ2v) is 6.45. The van der Waals surface area contributed by atoms with E-state index < -0.39 is 0 Å². The highest BCUT2D eigenvalue weighted by Gasteiger charge is 2.15. The Morgan fingerprint density at radius 2 is 1.95 bits per heavy atom. The predicted molar refractivity (Wildman–Crippen MR) is 80.4 cm³/mol. The Morgan fingerprint density at radius 1 is 1.26 bits per heavy atom. The smallest absolute Gasteiger partial charge is 0.122 e. The van der Waals surface area contributed by atoms with Crippen LogP contribution in [0.1, 0.15) is 32.0 Å². The first-order valence-electron chi connectivity index (χ1n) is 6.41. The third-order valence-corrected chi connectivity index (χ3v) is 3.22. The molecule has 1 aromatic heterocycles.